The Morgan fingerprint density at radius 1 is 1.27 bits per heavy atom. The number of hydrogen-bond donors (Lipinski definition) is 0. The third-order valence-corrected chi connectivity index (χ3v) is 5.88. The van der Waals surface area contributed by atoms with Gasteiger partial charge in [0.25, 0.3) is 5.91 Å². The summed E-state index contributed by atoms with van der Waals surface area (Å²) in [5.41, 5.74) is 4.11. The number of anilines is 1. The van der Waals surface area contributed by atoms with Gasteiger partial charge in [-0.1, -0.05) is 23.9 Å². The summed E-state index contributed by atoms with van der Waals surface area (Å²) in [5, 5.41) is 9.07. The van der Waals surface area contributed by atoms with Gasteiger partial charge in [-0.05, 0) is 48.7 Å². The van der Waals surface area contributed by atoms with E-state index in [1.807, 2.05) is 48.9 Å². The molecule has 1 aromatic carbocycles. The maximum atomic E-state index is 12.8. The van der Waals surface area contributed by atoms with Crippen LogP contribution in [0.5, 0.6) is 0 Å². The van der Waals surface area contributed by atoms with Crippen molar-refractivity contribution in [3.63, 3.8) is 0 Å². The molecule has 1 aliphatic rings. The number of carbonyl (C=O) groups is 1. The lowest BCUT2D eigenvalue weighted by Gasteiger charge is -2.17. The smallest absolute Gasteiger partial charge is 0.260 e. The maximum Gasteiger partial charge on any atom is 0.260 e. The molecule has 0 radical (unpaired) electrons. The number of benzene rings is 1. The highest BCUT2D eigenvalue weighted by atomic mass is 32.2. The SMILES string of the molecule is Cc1cccc2c1CN(c1cc([C@@H](C)Sc3nncn3C)ccn1)C2=O. The third kappa shape index (κ3) is 2.88. The van der Waals surface area contributed by atoms with E-state index >= 15 is 0 Å². The number of rotatable bonds is 4. The second-order valence-electron chi connectivity index (χ2n) is 6.42. The van der Waals surface area contributed by atoms with Crippen LogP contribution in [0.4, 0.5) is 5.82 Å². The van der Waals surface area contributed by atoms with E-state index in [9.17, 15) is 4.79 Å². The second kappa shape index (κ2) is 6.57. The summed E-state index contributed by atoms with van der Waals surface area (Å²) in [6.07, 6.45) is 3.46. The highest BCUT2D eigenvalue weighted by Crippen LogP contribution is 2.35. The molecule has 0 unspecified atom stereocenters. The molecule has 0 aliphatic carbocycles. The van der Waals surface area contributed by atoms with Gasteiger partial charge in [0.05, 0.1) is 6.54 Å². The Hall–Kier alpha value is -2.67. The van der Waals surface area contributed by atoms with Crippen molar-refractivity contribution in [1.82, 2.24) is 19.7 Å². The van der Waals surface area contributed by atoms with Crippen LogP contribution in [0, 0.1) is 6.92 Å². The van der Waals surface area contributed by atoms with Crippen LogP contribution in [0.25, 0.3) is 0 Å². The number of aromatic nitrogens is 4. The van der Waals surface area contributed by atoms with Crippen LogP contribution >= 0.6 is 11.8 Å². The zero-order chi connectivity index (χ0) is 18.3. The fraction of sp³-hybridized carbons (Fsp3) is 0.263. The largest absolute Gasteiger partial charge is 0.312 e. The standard InChI is InChI=1S/C19H19N5OS/c1-12-5-4-6-15-16(12)10-24(18(15)25)17-9-14(7-8-20-17)13(2)26-19-22-21-11-23(19)3/h4-9,11,13H,10H2,1-3H3/t13-/m1/s1. The Bertz CT molecular complexity index is 984. The predicted molar refractivity (Wildman–Crippen MR) is 101 cm³/mol. The third-order valence-electron chi connectivity index (χ3n) is 4.67. The van der Waals surface area contributed by atoms with Gasteiger partial charge in [0, 0.05) is 24.1 Å². The number of hydrogen-bond acceptors (Lipinski definition) is 5. The number of pyridine rings is 1. The number of thioether (sulfide) groups is 1. The van der Waals surface area contributed by atoms with Crippen LogP contribution in [-0.2, 0) is 13.6 Å². The van der Waals surface area contributed by atoms with Gasteiger partial charge in [0.1, 0.15) is 12.1 Å². The molecule has 6 nitrogen and oxygen atoms in total. The fourth-order valence-electron chi connectivity index (χ4n) is 3.11. The Labute approximate surface area is 156 Å². The molecule has 0 fully saturated rings. The fourth-order valence-corrected chi connectivity index (χ4v) is 4.02. The number of nitrogens with zero attached hydrogens (tertiary/aromatic N) is 5. The lowest BCUT2D eigenvalue weighted by molar-refractivity contribution is 0.0996. The van der Waals surface area contributed by atoms with Gasteiger partial charge in [0.15, 0.2) is 5.16 Å². The number of carbonyl (C=O) groups excluding carboxylic acids is 1. The van der Waals surface area contributed by atoms with Crippen LogP contribution in [-0.4, -0.2) is 25.7 Å². The zero-order valence-corrected chi connectivity index (χ0v) is 15.7. The first kappa shape index (κ1) is 16.8. The summed E-state index contributed by atoms with van der Waals surface area (Å²) in [5.74, 6) is 0.704. The van der Waals surface area contributed by atoms with Gasteiger partial charge in [-0.3, -0.25) is 9.69 Å². The molecule has 132 valence electrons. The molecule has 26 heavy (non-hydrogen) atoms. The predicted octanol–water partition coefficient (Wildman–Crippen LogP) is 3.53. The second-order valence-corrected chi connectivity index (χ2v) is 7.73. The summed E-state index contributed by atoms with van der Waals surface area (Å²) >= 11 is 1.63. The van der Waals surface area contributed by atoms with Crippen LogP contribution < -0.4 is 4.90 Å². The topological polar surface area (TPSA) is 63.9 Å². The molecule has 0 N–H and O–H groups in total. The number of fused-ring (bicyclic) bond motifs is 1. The molecule has 1 aliphatic heterocycles. The molecule has 0 spiro atoms. The van der Waals surface area contributed by atoms with E-state index in [1.54, 1.807) is 29.2 Å². The van der Waals surface area contributed by atoms with Gasteiger partial charge in [-0.15, -0.1) is 10.2 Å². The van der Waals surface area contributed by atoms with E-state index in [0.29, 0.717) is 12.4 Å². The molecule has 2 aromatic heterocycles. The monoisotopic (exact) mass is 365 g/mol. The summed E-state index contributed by atoms with van der Waals surface area (Å²) in [4.78, 5) is 19.0. The molecule has 1 atom stereocenters. The molecule has 3 heterocycles. The van der Waals surface area contributed by atoms with Crippen molar-refractivity contribution in [3.05, 3.63) is 65.1 Å². The van der Waals surface area contributed by atoms with Crippen molar-refractivity contribution in [1.29, 1.82) is 0 Å². The Morgan fingerprint density at radius 3 is 2.85 bits per heavy atom. The van der Waals surface area contributed by atoms with Gasteiger partial charge in [-0.25, -0.2) is 4.98 Å². The van der Waals surface area contributed by atoms with Crippen LogP contribution in [0.15, 0.2) is 48.0 Å². The summed E-state index contributed by atoms with van der Waals surface area (Å²) in [6.45, 7) is 4.73. The molecule has 3 aromatic rings. The van der Waals surface area contributed by atoms with E-state index in [2.05, 4.69) is 22.1 Å². The molecule has 0 bridgehead atoms. The van der Waals surface area contributed by atoms with E-state index < -0.39 is 0 Å². The van der Waals surface area contributed by atoms with Gasteiger partial charge in [-0.2, -0.15) is 0 Å². The zero-order valence-electron chi connectivity index (χ0n) is 14.9. The first-order valence-corrected chi connectivity index (χ1v) is 9.29. The average molecular weight is 365 g/mol. The molecular weight excluding hydrogens is 346 g/mol. The highest BCUT2D eigenvalue weighted by Gasteiger charge is 2.30. The molecule has 0 saturated carbocycles. The minimum Gasteiger partial charge on any atom is -0.312 e. The lowest BCUT2D eigenvalue weighted by atomic mass is 10.1. The Balaban J connectivity index is 1.60. The summed E-state index contributed by atoms with van der Waals surface area (Å²) in [6, 6.07) is 9.84. The van der Waals surface area contributed by atoms with Crippen molar-refractivity contribution in [2.75, 3.05) is 4.90 Å². The molecule has 4 rings (SSSR count). The number of aryl methyl sites for hydroxylation is 2. The Morgan fingerprint density at radius 2 is 2.12 bits per heavy atom. The first-order valence-electron chi connectivity index (χ1n) is 8.41. The van der Waals surface area contributed by atoms with Crippen molar-refractivity contribution < 1.29 is 4.79 Å². The molecule has 1 amide bonds. The van der Waals surface area contributed by atoms with Crippen LogP contribution in [0.1, 0.15) is 39.2 Å². The summed E-state index contributed by atoms with van der Waals surface area (Å²) in [7, 11) is 1.93. The van der Waals surface area contributed by atoms with E-state index in [-0.39, 0.29) is 11.2 Å². The first-order chi connectivity index (χ1) is 12.5. The average Bonchev–Trinajstić information content (AvgIpc) is 3.20. The van der Waals surface area contributed by atoms with Crippen molar-refractivity contribution >= 4 is 23.5 Å². The quantitative estimate of drug-likeness (QED) is 0.662. The van der Waals surface area contributed by atoms with E-state index in [0.717, 1.165) is 27.4 Å². The van der Waals surface area contributed by atoms with Crippen molar-refractivity contribution in [2.24, 2.45) is 7.05 Å². The van der Waals surface area contributed by atoms with Gasteiger partial charge in [0.2, 0.25) is 0 Å². The molecular formula is C19H19N5OS. The van der Waals surface area contributed by atoms with Crippen molar-refractivity contribution in [3.8, 4) is 0 Å². The summed E-state index contributed by atoms with van der Waals surface area (Å²) < 4.78 is 1.90. The minimum absolute atomic E-state index is 0.0157. The van der Waals surface area contributed by atoms with Crippen molar-refractivity contribution in [2.45, 2.75) is 30.8 Å². The van der Waals surface area contributed by atoms with Crippen LogP contribution in [0.2, 0.25) is 0 Å². The van der Waals surface area contributed by atoms with E-state index in [4.69, 9.17) is 0 Å². The highest BCUT2D eigenvalue weighted by molar-refractivity contribution is 7.99. The molecule has 0 saturated heterocycles. The Kier molecular flexibility index (Phi) is 4.24. The minimum atomic E-state index is 0.0157. The lowest BCUT2D eigenvalue weighted by Crippen LogP contribution is -2.24. The maximum absolute atomic E-state index is 12.8. The van der Waals surface area contributed by atoms with Crippen LogP contribution in [0.3, 0.4) is 0 Å². The normalized spacial score (nSPS) is 14.6. The number of amides is 1. The van der Waals surface area contributed by atoms with Gasteiger partial charge >= 0.3 is 0 Å². The van der Waals surface area contributed by atoms with Gasteiger partial charge < -0.3 is 4.57 Å². The van der Waals surface area contributed by atoms with E-state index in [1.165, 1.54) is 0 Å². The molecule has 7 heteroatoms.